The van der Waals surface area contributed by atoms with Gasteiger partial charge >= 0.3 is 7.82 Å². The second kappa shape index (κ2) is 7.37. The number of nitrogens with two attached hydrogens (primary N) is 1. The SMILES string of the molecule is CC(=O)SC1(O)N=C(N)Nc2c1ncn2[C@@H]1O[C@H](COP(=O)(O)O)[C@@H](O)[C@H]1O. The molecule has 0 bridgehead atoms. The van der Waals surface area contributed by atoms with Crippen LogP contribution < -0.4 is 11.1 Å². The van der Waals surface area contributed by atoms with Crippen LogP contribution in [0.5, 0.6) is 0 Å². The highest BCUT2D eigenvalue weighted by atomic mass is 32.2. The number of hydrogen-bond acceptors (Lipinski definition) is 12. The largest absolute Gasteiger partial charge is 0.469 e. The molecule has 1 aromatic heterocycles. The van der Waals surface area contributed by atoms with E-state index in [1.54, 1.807) is 0 Å². The van der Waals surface area contributed by atoms with E-state index in [9.17, 15) is 24.7 Å². The van der Waals surface area contributed by atoms with Gasteiger partial charge in [-0.1, -0.05) is 0 Å². The second-order valence-corrected chi connectivity index (χ2v) is 8.59. The van der Waals surface area contributed by atoms with Gasteiger partial charge in [-0.05, 0) is 11.8 Å². The summed E-state index contributed by atoms with van der Waals surface area (Å²) in [5, 5.41) is 31.1. The van der Waals surface area contributed by atoms with Gasteiger partial charge in [0.25, 0.3) is 5.06 Å². The van der Waals surface area contributed by atoms with Gasteiger partial charge < -0.3 is 40.9 Å². The first-order valence-electron chi connectivity index (χ1n) is 7.74. The normalized spacial score (nSPS) is 32.6. The summed E-state index contributed by atoms with van der Waals surface area (Å²) >= 11 is 0.467. The third kappa shape index (κ3) is 4.07. The van der Waals surface area contributed by atoms with Gasteiger partial charge in [0.05, 0.1) is 12.9 Å². The van der Waals surface area contributed by atoms with Crippen LogP contribution in [0.1, 0.15) is 18.8 Å². The lowest BCUT2D eigenvalue weighted by atomic mass is 10.1. The minimum atomic E-state index is -4.81. The van der Waals surface area contributed by atoms with Crippen molar-refractivity contribution in [2.75, 3.05) is 11.9 Å². The summed E-state index contributed by atoms with van der Waals surface area (Å²) in [4.78, 5) is 36.8. The summed E-state index contributed by atoms with van der Waals surface area (Å²) in [6, 6.07) is 0. The smallest absolute Gasteiger partial charge is 0.387 e. The number of thioether (sulfide) groups is 1. The zero-order valence-electron chi connectivity index (χ0n) is 14.2. The van der Waals surface area contributed by atoms with Gasteiger partial charge in [0.1, 0.15) is 29.8 Å². The summed E-state index contributed by atoms with van der Waals surface area (Å²) in [7, 11) is -4.81. The van der Waals surface area contributed by atoms with E-state index in [2.05, 4.69) is 19.8 Å². The van der Waals surface area contributed by atoms with E-state index in [1.807, 2.05) is 0 Å². The predicted molar refractivity (Wildman–Crippen MR) is 93.6 cm³/mol. The lowest BCUT2D eigenvalue weighted by Gasteiger charge is -2.28. The van der Waals surface area contributed by atoms with Crippen LogP contribution in [0, 0.1) is 0 Å². The summed E-state index contributed by atoms with van der Waals surface area (Å²) in [6.45, 7) is 0.538. The van der Waals surface area contributed by atoms with Crippen molar-refractivity contribution >= 4 is 36.5 Å². The Bertz CT molecular complexity index is 859. The minimum Gasteiger partial charge on any atom is -0.387 e. The topological polar surface area (TPSA) is 222 Å². The number of aromatic nitrogens is 2. The summed E-state index contributed by atoms with van der Waals surface area (Å²) in [6.07, 6.45) is -4.43. The van der Waals surface area contributed by atoms with Crippen LogP contribution in [0.2, 0.25) is 0 Å². The Labute approximate surface area is 161 Å². The van der Waals surface area contributed by atoms with Crippen molar-refractivity contribution in [2.45, 2.75) is 36.5 Å². The maximum Gasteiger partial charge on any atom is 0.469 e. The Hall–Kier alpha value is -1.55. The first-order chi connectivity index (χ1) is 12.9. The number of aliphatic hydroxyl groups is 3. The Morgan fingerprint density at radius 2 is 2.18 bits per heavy atom. The van der Waals surface area contributed by atoms with E-state index in [4.69, 9.17) is 20.3 Å². The quantitative estimate of drug-likeness (QED) is 0.190. The highest BCUT2D eigenvalue weighted by Gasteiger charge is 2.48. The fourth-order valence-electron chi connectivity index (χ4n) is 2.82. The zero-order chi connectivity index (χ0) is 20.9. The lowest BCUT2D eigenvalue weighted by Crippen LogP contribution is -2.38. The van der Waals surface area contributed by atoms with Crippen LogP contribution in [-0.4, -0.2) is 70.7 Å². The molecule has 0 saturated carbocycles. The molecule has 0 aliphatic carbocycles. The number of phosphoric ester groups is 1. The molecule has 2 aliphatic rings. The van der Waals surface area contributed by atoms with E-state index in [1.165, 1.54) is 11.5 Å². The molecular formula is C12H18N5O9PS. The number of aliphatic imine (C=N–C) groups is 1. The molecule has 0 spiro atoms. The third-order valence-electron chi connectivity index (χ3n) is 3.93. The number of guanidine groups is 1. The molecule has 8 N–H and O–H groups in total. The third-order valence-corrected chi connectivity index (χ3v) is 5.27. The van der Waals surface area contributed by atoms with Crippen molar-refractivity contribution in [1.29, 1.82) is 0 Å². The average molecular weight is 439 g/mol. The van der Waals surface area contributed by atoms with Crippen LogP contribution in [-0.2, 0) is 23.7 Å². The number of fused-ring (bicyclic) bond motifs is 1. The Morgan fingerprint density at radius 1 is 1.50 bits per heavy atom. The molecule has 2 aliphatic heterocycles. The number of rotatable bonds is 5. The Balaban J connectivity index is 1.88. The predicted octanol–water partition coefficient (Wildman–Crippen LogP) is -2.27. The number of ether oxygens (including phenoxy) is 1. The standard InChI is InChI=1S/C12H18N5O9PS/c1-4(18)28-12(21)8-9(15-11(13)16-12)17(3-14-8)10-7(20)6(19)5(26-10)2-25-27(22,23)24/h3,5-7,10,19-21H,2H2,1H3,(H3,13,15,16)(H2,22,23,24)/t5-,6-,7-,10-,12?/m1/s1. The molecule has 0 radical (unpaired) electrons. The van der Waals surface area contributed by atoms with Crippen molar-refractivity contribution in [3.63, 3.8) is 0 Å². The Kier molecular flexibility index (Phi) is 5.57. The molecule has 1 saturated heterocycles. The van der Waals surface area contributed by atoms with Crippen LogP contribution in [0.25, 0.3) is 0 Å². The Morgan fingerprint density at radius 3 is 2.79 bits per heavy atom. The number of nitrogens with one attached hydrogen (secondary N) is 1. The molecule has 1 unspecified atom stereocenters. The van der Waals surface area contributed by atoms with E-state index >= 15 is 0 Å². The molecule has 1 fully saturated rings. The van der Waals surface area contributed by atoms with Crippen molar-refractivity contribution in [3.05, 3.63) is 12.0 Å². The number of aliphatic hydroxyl groups excluding tert-OH is 2. The number of anilines is 1. The lowest BCUT2D eigenvalue weighted by molar-refractivity contribution is -0.109. The molecule has 3 heterocycles. The van der Waals surface area contributed by atoms with E-state index in [0.717, 1.165) is 6.33 Å². The van der Waals surface area contributed by atoms with Gasteiger partial charge in [-0.15, -0.1) is 0 Å². The monoisotopic (exact) mass is 439 g/mol. The maximum absolute atomic E-state index is 11.5. The van der Waals surface area contributed by atoms with E-state index < -0.39 is 49.1 Å². The van der Waals surface area contributed by atoms with E-state index in [0.29, 0.717) is 11.8 Å². The van der Waals surface area contributed by atoms with Crippen molar-refractivity contribution in [3.8, 4) is 0 Å². The first kappa shape index (κ1) is 21.2. The second-order valence-electron chi connectivity index (χ2n) is 6.01. The fraction of sp³-hybridized carbons (Fsp3) is 0.583. The highest BCUT2D eigenvalue weighted by molar-refractivity contribution is 8.14. The molecule has 14 nitrogen and oxygen atoms in total. The number of phosphoric acid groups is 1. The van der Waals surface area contributed by atoms with Crippen LogP contribution in [0.4, 0.5) is 5.82 Å². The van der Waals surface area contributed by atoms with Crippen molar-refractivity contribution in [2.24, 2.45) is 10.7 Å². The van der Waals surface area contributed by atoms with Gasteiger partial charge in [0.15, 0.2) is 17.3 Å². The van der Waals surface area contributed by atoms with Crippen LogP contribution in [0.15, 0.2) is 11.3 Å². The number of hydrogen-bond donors (Lipinski definition) is 7. The molecule has 16 heteroatoms. The number of imidazole rings is 1. The molecule has 0 amide bonds. The first-order valence-corrected chi connectivity index (χ1v) is 10.1. The average Bonchev–Trinajstić information content (AvgIpc) is 3.07. The van der Waals surface area contributed by atoms with Gasteiger partial charge in [0, 0.05) is 6.92 Å². The molecule has 5 atom stereocenters. The molecule has 28 heavy (non-hydrogen) atoms. The van der Waals surface area contributed by atoms with Gasteiger partial charge in [-0.3, -0.25) is 13.9 Å². The molecule has 1 aromatic rings. The summed E-state index contributed by atoms with van der Waals surface area (Å²) < 4.78 is 21.8. The number of nitrogens with zero attached hydrogens (tertiary/aromatic N) is 3. The number of carbonyl (C=O) groups is 1. The van der Waals surface area contributed by atoms with Crippen LogP contribution >= 0.6 is 19.6 Å². The van der Waals surface area contributed by atoms with Crippen molar-refractivity contribution in [1.82, 2.24) is 9.55 Å². The zero-order valence-corrected chi connectivity index (χ0v) is 15.9. The van der Waals surface area contributed by atoms with E-state index in [-0.39, 0.29) is 17.5 Å². The molecule has 0 aromatic carbocycles. The summed E-state index contributed by atoms with van der Waals surface area (Å²) in [5.41, 5.74) is 5.58. The van der Waals surface area contributed by atoms with Gasteiger partial charge in [-0.25, -0.2) is 14.5 Å². The van der Waals surface area contributed by atoms with Crippen molar-refractivity contribution < 1.29 is 43.7 Å². The minimum absolute atomic E-state index is 0.0524. The highest BCUT2D eigenvalue weighted by Crippen LogP contribution is 2.44. The van der Waals surface area contributed by atoms with Gasteiger partial charge in [-0.2, -0.15) is 0 Å². The molecule has 3 rings (SSSR count). The van der Waals surface area contributed by atoms with Gasteiger partial charge in [0.2, 0.25) is 0 Å². The maximum atomic E-state index is 11.5. The molecular weight excluding hydrogens is 421 g/mol. The summed E-state index contributed by atoms with van der Waals surface area (Å²) in [5.74, 6) is -0.184. The fourth-order valence-corrected chi connectivity index (χ4v) is 3.95. The van der Waals surface area contributed by atoms with Crippen LogP contribution in [0.3, 0.4) is 0 Å². The number of carbonyl (C=O) groups excluding carboxylic acids is 1. The molecule has 156 valence electrons.